The first kappa shape index (κ1) is 13.1. The Hall–Kier alpha value is -0.390. The number of carbonyl (C=O) groups excluding carboxylic acids is 1. The van der Waals surface area contributed by atoms with Gasteiger partial charge in [-0.1, -0.05) is 0 Å². The maximum absolute atomic E-state index is 12.2. The smallest absolute Gasteiger partial charge is 0.263 e. The summed E-state index contributed by atoms with van der Waals surface area (Å²) in [6, 6.07) is 4.02. The van der Waals surface area contributed by atoms with Gasteiger partial charge in [-0.15, -0.1) is 11.3 Å². The van der Waals surface area contributed by atoms with E-state index in [9.17, 15) is 9.90 Å². The number of halogens is 1. The van der Waals surface area contributed by atoms with Crippen molar-refractivity contribution < 1.29 is 9.90 Å². The molecule has 0 unspecified atom stereocenters. The number of rotatable bonds is 2. The number of thiophene rings is 1. The Labute approximate surface area is 114 Å². The summed E-state index contributed by atoms with van der Waals surface area (Å²) in [5.74, 6) is 0.0853. The summed E-state index contributed by atoms with van der Waals surface area (Å²) in [5, 5.41) is 9.46. The lowest BCUT2D eigenvalue weighted by molar-refractivity contribution is 0.0573. The van der Waals surface area contributed by atoms with Crippen molar-refractivity contribution in [2.24, 2.45) is 0 Å². The molecular weight excluding hydrogens is 302 g/mol. The van der Waals surface area contributed by atoms with E-state index < -0.39 is 0 Å². The van der Waals surface area contributed by atoms with E-state index in [1.807, 2.05) is 24.1 Å². The third kappa shape index (κ3) is 3.09. The molecule has 1 aliphatic carbocycles. The first-order valence-corrected chi connectivity index (χ1v) is 7.39. The molecule has 0 aliphatic heterocycles. The molecule has 1 aliphatic rings. The molecule has 1 aromatic rings. The van der Waals surface area contributed by atoms with Crippen LogP contribution in [0.4, 0.5) is 0 Å². The van der Waals surface area contributed by atoms with Crippen LogP contribution < -0.4 is 0 Å². The Morgan fingerprint density at radius 3 is 2.59 bits per heavy atom. The maximum Gasteiger partial charge on any atom is 0.263 e. The Morgan fingerprint density at radius 1 is 1.41 bits per heavy atom. The van der Waals surface area contributed by atoms with Crippen molar-refractivity contribution in [2.45, 2.75) is 37.8 Å². The van der Waals surface area contributed by atoms with Crippen LogP contribution in [0.25, 0.3) is 0 Å². The van der Waals surface area contributed by atoms with Crippen LogP contribution in [0.5, 0.6) is 0 Å². The zero-order chi connectivity index (χ0) is 12.4. The molecule has 1 N–H and O–H groups in total. The largest absolute Gasteiger partial charge is 0.393 e. The standard InChI is InChI=1S/C12H16BrNO2S/c1-14(8-2-4-9(15)5-3-8)12(16)10-6-7-11(13)17-10/h6-9,15H,2-5H2,1H3. The molecule has 0 saturated heterocycles. The van der Waals surface area contributed by atoms with Crippen molar-refractivity contribution in [3.05, 3.63) is 20.8 Å². The number of aliphatic hydroxyl groups excluding tert-OH is 1. The van der Waals surface area contributed by atoms with E-state index in [1.165, 1.54) is 11.3 Å². The van der Waals surface area contributed by atoms with E-state index in [1.54, 1.807) is 0 Å². The second-order valence-corrected chi connectivity index (χ2v) is 6.95. The lowest BCUT2D eigenvalue weighted by Crippen LogP contribution is -2.40. The number of aliphatic hydroxyl groups is 1. The highest BCUT2D eigenvalue weighted by molar-refractivity contribution is 9.11. The van der Waals surface area contributed by atoms with Gasteiger partial charge in [-0.25, -0.2) is 0 Å². The lowest BCUT2D eigenvalue weighted by atomic mass is 9.92. The van der Waals surface area contributed by atoms with E-state index in [0.29, 0.717) is 0 Å². The average Bonchev–Trinajstić information content (AvgIpc) is 2.75. The first-order chi connectivity index (χ1) is 8.08. The van der Waals surface area contributed by atoms with E-state index in [2.05, 4.69) is 15.9 Å². The molecule has 0 radical (unpaired) electrons. The van der Waals surface area contributed by atoms with Crippen LogP contribution >= 0.6 is 27.3 Å². The number of amides is 1. The maximum atomic E-state index is 12.2. The van der Waals surface area contributed by atoms with Gasteiger partial charge >= 0.3 is 0 Å². The second kappa shape index (κ2) is 5.50. The summed E-state index contributed by atoms with van der Waals surface area (Å²) in [6.45, 7) is 0. The van der Waals surface area contributed by atoms with Crippen LogP contribution in [0.3, 0.4) is 0 Å². The molecule has 2 rings (SSSR count). The molecule has 3 nitrogen and oxygen atoms in total. The molecule has 1 saturated carbocycles. The molecule has 5 heteroatoms. The van der Waals surface area contributed by atoms with Crippen molar-refractivity contribution >= 4 is 33.2 Å². The number of hydrogen-bond donors (Lipinski definition) is 1. The van der Waals surface area contributed by atoms with Crippen LogP contribution in [0.15, 0.2) is 15.9 Å². The summed E-state index contributed by atoms with van der Waals surface area (Å²) in [7, 11) is 1.86. The summed E-state index contributed by atoms with van der Waals surface area (Å²) in [6.07, 6.45) is 3.23. The molecule has 0 spiro atoms. The van der Waals surface area contributed by atoms with Crippen LogP contribution in [0.2, 0.25) is 0 Å². The second-order valence-electron chi connectivity index (χ2n) is 4.48. The fraction of sp³-hybridized carbons (Fsp3) is 0.583. The van der Waals surface area contributed by atoms with Crippen molar-refractivity contribution in [3.63, 3.8) is 0 Å². The fourth-order valence-electron chi connectivity index (χ4n) is 2.21. The number of nitrogens with zero attached hydrogens (tertiary/aromatic N) is 1. The molecule has 1 aromatic heterocycles. The minimum absolute atomic E-state index is 0.0853. The summed E-state index contributed by atoms with van der Waals surface area (Å²) >= 11 is 4.83. The molecule has 0 aromatic carbocycles. The van der Waals surface area contributed by atoms with Gasteiger partial charge in [0.05, 0.1) is 14.8 Å². The van der Waals surface area contributed by atoms with Crippen LogP contribution in [0.1, 0.15) is 35.4 Å². The van der Waals surface area contributed by atoms with Gasteiger partial charge < -0.3 is 10.0 Å². The highest BCUT2D eigenvalue weighted by atomic mass is 79.9. The Morgan fingerprint density at radius 2 is 2.06 bits per heavy atom. The molecular formula is C12H16BrNO2S. The van der Waals surface area contributed by atoms with Crippen molar-refractivity contribution in [2.75, 3.05) is 7.05 Å². The van der Waals surface area contributed by atoms with E-state index >= 15 is 0 Å². The predicted octanol–water partition coefficient (Wildman–Crippen LogP) is 2.89. The summed E-state index contributed by atoms with van der Waals surface area (Å²) in [4.78, 5) is 14.8. The van der Waals surface area contributed by atoms with Gasteiger partial charge in [0, 0.05) is 13.1 Å². The SMILES string of the molecule is CN(C(=O)c1ccc(Br)s1)C1CCC(O)CC1. The van der Waals surface area contributed by atoms with Crippen LogP contribution in [0, 0.1) is 0 Å². The van der Waals surface area contributed by atoms with Gasteiger partial charge in [-0.05, 0) is 53.7 Å². The Bertz CT molecular complexity index is 399. The fourth-order valence-corrected chi connectivity index (χ4v) is 3.58. The molecule has 1 fully saturated rings. The number of carbonyl (C=O) groups is 1. The van der Waals surface area contributed by atoms with Crippen molar-refractivity contribution in [1.29, 1.82) is 0 Å². The van der Waals surface area contributed by atoms with Crippen molar-refractivity contribution in [1.82, 2.24) is 4.90 Å². The van der Waals surface area contributed by atoms with Gasteiger partial charge in [-0.2, -0.15) is 0 Å². The van der Waals surface area contributed by atoms with Gasteiger partial charge in [0.15, 0.2) is 0 Å². The normalized spacial score (nSPS) is 24.6. The molecule has 0 bridgehead atoms. The van der Waals surface area contributed by atoms with E-state index in [-0.39, 0.29) is 18.1 Å². The lowest BCUT2D eigenvalue weighted by Gasteiger charge is -2.32. The van der Waals surface area contributed by atoms with E-state index in [4.69, 9.17) is 0 Å². The highest BCUT2D eigenvalue weighted by Gasteiger charge is 2.26. The Kier molecular flexibility index (Phi) is 4.22. The average molecular weight is 318 g/mol. The van der Waals surface area contributed by atoms with Gasteiger partial charge in [0.2, 0.25) is 0 Å². The summed E-state index contributed by atoms with van der Waals surface area (Å²) < 4.78 is 0.980. The predicted molar refractivity (Wildman–Crippen MR) is 72.4 cm³/mol. The molecule has 94 valence electrons. The third-order valence-corrected chi connectivity index (χ3v) is 4.93. The zero-order valence-corrected chi connectivity index (χ0v) is 12.1. The quantitative estimate of drug-likeness (QED) is 0.911. The third-order valence-electron chi connectivity index (χ3n) is 3.32. The van der Waals surface area contributed by atoms with E-state index in [0.717, 1.165) is 34.3 Å². The molecule has 17 heavy (non-hydrogen) atoms. The van der Waals surface area contributed by atoms with Gasteiger partial charge in [0.25, 0.3) is 5.91 Å². The minimum atomic E-state index is -0.175. The zero-order valence-electron chi connectivity index (χ0n) is 9.73. The van der Waals surface area contributed by atoms with Gasteiger partial charge in [-0.3, -0.25) is 4.79 Å². The number of hydrogen-bond acceptors (Lipinski definition) is 3. The van der Waals surface area contributed by atoms with Gasteiger partial charge in [0.1, 0.15) is 0 Å². The molecule has 1 amide bonds. The Balaban J connectivity index is 2.00. The minimum Gasteiger partial charge on any atom is -0.393 e. The first-order valence-electron chi connectivity index (χ1n) is 5.78. The highest BCUT2D eigenvalue weighted by Crippen LogP contribution is 2.27. The molecule has 1 heterocycles. The monoisotopic (exact) mass is 317 g/mol. The van der Waals surface area contributed by atoms with Crippen LogP contribution in [-0.2, 0) is 0 Å². The summed E-state index contributed by atoms with van der Waals surface area (Å²) in [5.41, 5.74) is 0. The molecule has 0 atom stereocenters. The van der Waals surface area contributed by atoms with Crippen molar-refractivity contribution in [3.8, 4) is 0 Å². The topological polar surface area (TPSA) is 40.5 Å². The van der Waals surface area contributed by atoms with Crippen LogP contribution in [-0.4, -0.2) is 35.1 Å².